The van der Waals surface area contributed by atoms with Crippen LogP contribution in [0.5, 0.6) is 0 Å². The van der Waals surface area contributed by atoms with Crippen molar-refractivity contribution in [3.63, 3.8) is 0 Å². The highest BCUT2D eigenvalue weighted by Gasteiger charge is 2.13. The highest BCUT2D eigenvalue weighted by Crippen LogP contribution is 2.27. The Labute approximate surface area is 162 Å². The second-order valence-electron chi connectivity index (χ2n) is 5.65. The van der Waals surface area contributed by atoms with E-state index in [1.165, 1.54) is 11.5 Å². The van der Waals surface area contributed by atoms with Crippen LogP contribution >= 0.6 is 11.5 Å². The molecule has 1 atom stereocenters. The van der Waals surface area contributed by atoms with Gasteiger partial charge in [-0.3, -0.25) is 4.79 Å². The van der Waals surface area contributed by atoms with E-state index in [1.807, 2.05) is 44.2 Å². The summed E-state index contributed by atoms with van der Waals surface area (Å²) in [5.41, 5.74) is 8.18. The molecule has 6 nitrogen and oxygen atoms in total. The van der Waals surface area contributed by atoms with Crippen molar-refractivity contribution < 1.29 is 4.79 Å². The lowest BCUT2D eigenvalue weighted by molar-refractivity contribution is -0.117. The maximum atomic E-state index is 11.7. The van der Waals surface area contributed by atoms with E-state index in [0.717, 1.165) is 10.7 Å². The zero-order valence-corrected chi connectivity index (χ0v) is 16.0. The molecule has 0 radical (unpaired) electrons. The van der Waals surface area contributed by atoms with Crippen LogP contribution in [-0.2, 0) is 4.79 Å². The van der Waals surface area contributed by atoms with Crippen LogP contribution in [0.3, 0.4) is 0 Å². The van der Waals surface area contributed by atoms with Crippen LogP contribution in [0.4, 0.5) is 16.4 Å². The summed E-state index contributed by atoms with van der Waals surface area (Å²) in [5.74, 6) is -0.498. The van der Waals surface area contributed by atoms with E-state index >= 15 is 0 Å². The maximum absolute atomic E-state index is 11.7. The molecular formula is C20H21N5OS. The molecule has 0 saturated carbocycles. The van der Waals surface area contributed by atoms with Crippen molar-refractivity contribution in [2.24, 2.45) is 5.73 Å². The summed E-state index contributed by atoms with van der Waals surface area (Å²) in [6, 6.07) is 8.57. The van der Waals surface area contributed by atoms with E-state index in [9.17, 15) is 10.1 Å². The van der Waals surface area contributed by atoms with Gasteiger partial charge in [-0.1, -0.05) is 36.5 Å². The number of aromatic nitrogens is 1. The zero-order chi connectivity index (χ0) is 19.6. The number of amides is 1. The van der Waals surface area contributed by atoms with Gasteiger partial charge >= 0.3 is 0 Å². The van der Waals surface area contributed by atoms with Gasteiger partial charge in [-0.2, -0.15) is 9.64 Å². The van der Waals surface area contributed by atoms with Crippen LogP contribution in [0.1, 0.15) is 18.2 Å². The van der Waals surface area contributed by atoms with Gasteiger partial charge in [0.05, 0.1) is 16.9 Å². The fourth-order valence-electron chi connectivity index (χ4n) is 2.20. The highest BCUT2D eigenvalue weighted by molar-refractivity contribution is 7.10. The zero-order valence-electron chi connectivity index (χ0n) is 15.1. The number of nitrogens with one attached hydrogen (secondary N) is 2. The predicted molar refractivity (Wildman–Crippen MR) is 111 cm³/mol. The summed E-state index contributed by atoms with van der Waals surface area (Å²) < 4.78 is 4.22. The van der Waals surface area contributed by atoms with Crippen LogP contribution < -0.4 is 16.4 Å². The van der Waals surface area contributed by atoms with Crippen molar-refractivity contribution in [1.82, 2.24) is 4.37 Å². The van der Waals surface area contributed by atoms with Crippen molar-refractivity contribution in [2.75, 3.05) is 10.6 Å². The van der Waals surface area contributed by atoms with Crippen LogP contribution in [0, 0.1) is 18.3 Å². The first-order valence-electron chi connectivity index (χ1n) is 8.30. The van der Waals surface area contributed by atoms with Gasteiger partial charge in [0, 0.05) is 5.69 Å². The van der Waals surface area contributed by atoms with Gasteiger partial charge in [0.1, 0.15) is 17.1 Å². The Morgan fingerprint density at radius 3 is 2.70 bits per heavy atom. The van der Waals surface area contributed by atoms with Crippen molar-refractivity contribution in [1.29, 1.82) is 5.26 Å². The fourth-order valence-corrected chi connectivity index (χ4v) is 2.87. The molecular weight excluding hydrogens is 358 g/mol. The molecule has 27 heavy (non-hydrogen) atoms. The van der Waals surface area contributed by atoms with Gasteiger partial charge in [0.2, 0.25) is 5.91 Å². The molecule has 4 N–H and O–H groups in total. The largest absolute Gasteiger partial charge is 0.371 e. The lowest BCUT2D eigenvalue weighted by Gasteiger charge is -2.15. The number of carbonyl (C=O) groups is 1. The van der Waals surface area contributed by atoms with E-state index in [4.69, 9.17) is 5.73 Å². The number of nitriles is 1. The first-order valence-corrected chi connectivity index (χ1v) is 9.07. The first kappa shape index (κ1) is 19.9. The van der Waals surface area contributed by atoms with Gasteiger partial charge in [-0.25, -0.2) is 0 Å². The monoisotopic (exact) mass is 379 g/mol. The summed E-state index contributed by atoms with van der Waals surface area (Å²) in [7, 11) is 0. The summed E-state index contributed by atoms with van der Waals surface area (Å²) >= 11 is 1.32. The fraction of sp³-hybridized carbons (Fsp3) is 0.150. The minimum absolute atomic E-state index is 0.493. The lowest BCUT2D eigenvalue weighted by Crippen LogP contribution is -2.33. The van der Waals surface area contributed by atoms with E-state index in [0.29, 0.717) is 16.9 Å². The second-order valence-corrected chi connectivity index (χ2v) is 6.45. The molecule has 0 spiro atoms. The van der Waals surface area contributed by atoms with E-state index in [1.54, 1.807) is 30.4 Å². The Bertz CT molecular complexity index is 921. The normalized spacial score (nSPS) is 12.5. The maximum Gasteiger partial charge on any atom is 0.243 e. The topological polar surface area (TPSA) is 104 Å². The highest BCUT2D eigenvalue weighted by atomic mass is 32.1. The number of nitrogens with zero attached hydrogens (tertiary/aromatic N) is 2. The van der Waals surface area contributed by atoms with E-state index < -0.39 is 11.9 Å². The average molecular weight is 379 g/mol. The van der Waals surface area contributed by atoms with Crippen LogP contribution in [0.25, 0.3) is 0 Å². The summed E-state index contributed by atoms with van der Waals surface area (Å²) in [5, 5.41) is 16.4. The molecule has 0 aliphatic heterocycles. The molecule has 2 aromatic rings. The first-order chi connectivity index (χ1) is 13.0. The molecule has 0 aliphatic carbocycles. The predicted octanol–water partition coefficient (Wildman–Crippen LogP) is 4.02. The molecule has 0 fully saturated rings. The Morgan fingerprint density at radius 2 is 2.07 bits per heavy atom. The number of allylic oxidation sites excluding steroid dienone is 5. The number of aryl methyl sites for hydroxylation is 1. The third kappa shape index (κ3) is 6.13. The molecule has 0 unspecified atom stereocenters. The van der Waals surface area contributed by atoms with Gasteiger partial charge in [-0.15, -0.1) is 0 Å². The Hall–Kier alpha value is -3.37. The molecule has 1 aromatic carbocycles. The van der Waals surface area contributed by atoms with Crippen LogP contribution in [-0.4, -0.2) is 16.3 Å². The van der Waals surface area contributed by atoms with E-state index in [-0.39, 0.29) is 0 Å². The number of nitrogens with two attached hydrogens (primary N) is 1. The third-order valence-electron chi connectivity index (χ3n) is 3.48. The minimum atomic E-state index is -0.674. The SMILES string of the molecule is C\C=C/C=C\C=C\[C@@H](Nc1ccc(C#N)c(Nc2cc(C)ns2)c1)C(N)=O. The van der Waals surface area contributed by atoms with Crippen molar-refractivity contribution in [3.05, 3.63) is 72.0 Å². The number of hydrogen-bond acceptors (Lipinski definition) is 6. The van der Waals surface area contributed by atoms with Gasteiger partial charge < -0.3 is 16.4 Å². The van der Waals surface area contributed by atoms with Crippen LogP contribution in [0.2, 0.25) is 0 Å². The molecule has 7 heteroatoms. The quantitative estimate of drug-likeness (QED) is 0.601. The Kier molecular flexibility index (Phi) is 7.35. The number of carbonyl (C=O) groups excluding carboxylic acids is 1. The molecule has 0 saturated heterocycles. The van der Waals surface area contributed by atoms with Crippen molar-refractivity contribution >= 4 is 33.8 Å². The molecule has 0 bridgehead atoms. The summed E-state index contributed by atoms with van der Waals surface area (Å²) in [4.78, 5) is 11.7. The summed E-state index contributed by atoms with van der Waals surface area (Å²) in [6.45, 7) is 3.82. The van der Waals surface area contributed by atoms with Crippen molar-refractivity contribution in [3.8, 4) is 6.07 Å². The van der Waals surface area contributed by atoms with Gasteiger partial charge in [-0.05, 0) is 49.6 Å². The van der Waals surface area contributed by atoms with E-state index in [2.05, 4.69) is 21.1 Å². The average Bonchev–Trinajstić information content (AvgIpc) is 3.05. The number of anilines is 3. The van der Waals surface area contributed by atoms with Crippen molar-refractivity contribution in [2.45, 2.75) is 19.9 Å². The third-order valence-corrected chi connectivity index (χ3v) is 4.28. The standard InChI is InChI=1S/C20H21N5OS/c1-3-4-5-6-7-8-17(20(22)26)23-16-10-9-15(13-21)18(12-16)24-19-11-14(2)25-27-19/h3-12,17,23-24H,1-2H3,(H2,22,26)/b4-3-,6-5-,8-7+/t17-/m1/s1. The number of primary amides is 1. The van der Waals surface area contributed by atoms with Gasteiger partial charge in [0.25, 0.3) is 0 Å². The Morgan fingerprint density at radius 1 is 1.30 bits per heavy atom. The molecule has 138 valence electrons. The lowest BCUT2D eigenvalue weighted by atomic mass is 10.1. The second kappa shape index (κ2) is 9.94. The van der Waals surface area contributed by atoms with Gasteiger partial charge in [0.15, 0.2) is 0 Å². The summed E-state index contributed by atoms with van der Waals surface area (Å²) in [6.07, 6.45) is 10.9. The molecule has 1 aromatic heterocycles. The number of rotatable bonds is 8. The minimum Gasteiger partial charge on any atom is -0.371 e. The molecule has 1 amide bonds. The van der Waals surface area contributed by atoms with Crippen LogP contribution in [0.15, 0.2) is 60.7 Å². The smallest absolute Gasteiger partial charge is 0.243 e. The molecule has 0 aliphatic rings. The Balaban J connectivity index is 2.20. The molecule has 2 rings (SSSR count). The number of benzene rings is 1. The number of hydrogen-bond donors (Lipinski definition) is 3. The molecule has 1 heterocycles.